The number of ether oxygens (including phenoxy) is 1. The maximum absolute atomic E-state index is 13.4. The van der Waals surface area contributed by atoms with Crippen LogP contribution < -0.4 is 4.74 Å². The van der Waals surface area contributed by atoms with Crippen molar-refractivity contribution in [3.63, 3.8) is 0 Å². The van der Waals surface area contributed by atoms with Crippen LogP contribution in [0.15, 0.2) is 61.2 Å². The Morgan fingerprint density at radius 3 is 2.59 bits per heavy atom. The highest BCUT2D eigenvalue weighted by atomic mass is 79.9. The number of ketones is 1. The second-order valence-electron chi connectivity index (χ2n) is 5.99. The Morgan fingerprint density at radius 1 is 1.14 bits per heavy atom. The highest BCUT2D eigenvalue weighted by Crippen LogP contribution is 2.19. The van der Waals surface area contributed by atoms with E-state index >= 15 is 0 Å². The van der Waals surface area contributed by atoms with Gasteiger partial charge in [-0.25, -0.2) is 9.02 Å². The Hall–Kier alpha value is -2.59. The molecule has 0 saturated heterocycles. The van der Waals surface area contributed by atoms with Gasteiger partial charge in [-0.2, -0.15) is 0 Å². The van der Waals surface area contributed by atoms with Gasteiger partial charge < -0.3 is 9.94 Å². The van der Waals surface area contributed by atoms with E-state index in [1.165, 1.54) is 6.07 Å². The predicted molar refractivity (Wildman–Crippen MR) is 109 cm³/mol. The maximum Gasteiger partial charge on any atom is 0.176 e. The SMILES string of the molecule is O=C(COc1ccc(Br)cc1)Cc1nonc1C(Cc1ccc(F)c(Br)c1)=NO. The Bertz CT molecular complexity index is 1040. The standard InChI is InChI=1S/C19H14Br2FN3O4/c20-12-2-4-14(5-3-12)28-10-13(26)9-18-19(25-29-24-18)17(23-27)8-11-1-6-16(22)15(21)7-11/h1-7,27H,8-10H2. The number of benzene rings is 2. The lowest BCUT2D eigenvalue weighted by Gasteiger charge is -2.06. The van der Waals surface area contributed by atoms with Crippen LogP contribution in [0.1, 0.15) is 17.0 Å². The molecule has 1 heterocycles. The van der Waals surface area contributed by atoms with Crippen LogP contribution in [0.25, 0.3) is 0 Å². The number of oxime groups is 1. The van der Waals surface area contributed by atoms with Crippen LogP contribution in [0.4, 0.5) is 4.39 Å². The number of carbonyl (C=O) groups is 1. The number of hydrogen-bond acceptors (Lipinski definition) is 7. The lowest BCUT2D eigenvalue weighted by Crippen LogP contribution is -2.17. The van der Waals surface area contributed by atoms with Crippen molar-refractivity contribution in [2.24, 2.45) is 5.16 Å². The number of halogens is 3. The molecule has 29 heavy (non-hydrogen) atoms. The third-order valence-corrected chi connectivity index (χ3v) is 5.02. The first-order chi connectivity index (χ1) is 14.0. The molecule has 0 aliphatic carbocycles. The molecule has 0 aliphatic heterocycles. The molecular formula is C19H14Br2FN3O4. The van der Waals surface area contributed by atoms with Crippen molar-refractivity contribution in [3.8, 4) is 5.75 Å². The summed E-state index contributed by atoms with van der Waals surface area (Å²) in [6.45, 7) is -0.162. The minimum absolute atomic E-state index is 0.110. The Labute approximate surface area is 181 Å². The van der Waals surface area contributed by atoms with Crippen LogP contribution in [0.3, 0.4) is 0 Å². The highest BCUT2D eigenvalue weighted by molar-refractivity contribution is 9.10. The number of nitrogens with zero attached hydrogens (tertiary/aromatic N) is 3. The first-order valence-corrected chi connectivity index (χ1v) is 9.91. The van der Waals surface area contributed by atoms with Crippen LogP contribution in [-0.4, -0.2) is 33.6 Å². The van der Waals surface area contributed by atoms with E-state index in [0.29, 0.717) is 11.3 Å². The van der Waals surface area contributed by atoms with Crippen molar-refractivity contribution in [3.05, 3.63) is 74.2 Å². The number of Topliss-reactive ketones (excluding diaryl/α,β-unsaturated/α-hetero) is 1. The van der Waals surface area contributed by atoms with Crippen LogP contribution >= 0.6 is 31.9 Å². The van der Waals surface area contributed by atoms with E-state index in [0.717, 1.165) is 4.47 Å². The normalized spacial score (nSPS) is 11.5. The first-order valence-electron chi connectivity index (χ1n) is 8.33. The van der Waals surface area contributed by atoms with Gasteiger partial charge >= 0.3 is 0 Å². The molecule has 0 fully saturated rings. The maximum atomic E-state index is 13.4. The fourth-order valence-corrected chi connectivity index (χ4v) is 3.17. The van der Waals surface area contributed by atoms with Gasteiger partial charge in [0.25, 0.3) is 0 Å². The van der Waals surface area contributed by atoms with Crippen molar-refractivity contribution in [2.75, 3.05) is 6.61 Å². The van der Waals surface area contributed by atoms with E-state index in [-0.39, 0.29) is 46.8 Å². The van der Waals surface area contributed by atoms with E-state index < -0.39 is 5.82 Å². The Balaban J connectivity index is 1.66. The number of aromatic nitrogens is 2. The van der Waals surface area contributed by atoms with Crippen molar-refractivity contribution in [1.82, 2.24) is 10.3 Å². The number of carbonyl (C=O) groups excluding carboxylic acids is 1. The second-order valence-corrected chi connectivity index (χ2v) is 7.76. The third kappa shape index (κ3) is 5.70. The fraction of sp³-hybridized carbons (Fsp3) is 0.158. The minimum Gasteiger partial charge on any atom is -0.486 e. The molecular weight excluding hydrogens is 513 g/mol. The molecule has 1 aromatic heterocycles. The average Bonchev–Trinajstić information content (AvgIpc) is 3.16. The fourth-order valence-electron chi connectivity index (χ4n) is 2.48. The van der Waals surface area contributed by atoms with Gasteiger partial charge in [0, 0.05) is 10.9 Å². The molecule has 0 aliphatic rings. The topological polar surface area (TPSA) is 97.8 Å². The largest absolute Gasteiger partial charge is 0.486 e. The molecule has 0 amide bonds. The predicted octanol–water partition coefficient (Wildman–Crippen LogP) is 4.35. The van der Waals surface area contributed by atoms with E-state index in [2.05, 4.69) is 47.3 Å². The summed E-state index contributed by atoms with van der Waals surface area (Å²) in [5.74, 6) is -0.109. The van der Waals surface area contributed by atoms with E-state index in [9.17, 15) is 14.4 Å². The van der Waals surface area contributed by atoms with Crippen LogP contribution in [0, 0.1) is 5.82 Å². The number of rotatable bonds is 8. The van der Waals surface area contributed by atoms with E-state index in [1.54, 1.807) is 36.4 Å². The molecule has 0 spiro atoms. The average molecular weight is 527 g/mol. The van der Waals surface area contributed by atoms with E-state index in [1.807, 2.05) is 0 Å². The van der Waals surface area contributed by atoms with Gasteiger partial charge in [-0.3, -0.25) is 4.79 Å². The molecule has 3 rings (SSSR count). The van der Waals surface area contributed by atoms with Gasteiger partial charge in [0.1, 0.15) is 29.6 Å². The van der Waals surface area contributed by atoms with Gasteiger partial charge in [-0.1, -0.05) is 32.3 Å². The zero-order chi connectivity index (χ0) is 20.8. The van der Waals surface area contributed by atoms with Crippen molar-refractivity contribution in [1.29, 1.82) is 0 Å². The van der Waals surface area contributed by atoms with Gasteiger partial charge in [0.15, 0.2) is 11.5 Å². The summed E-state index contributed by atoms with van der Waals surface area (Å²) in [7, 11) is 0. The quantitative estimate of drug-likeness (QED) is 0.266. The van der Waals surface area contributed by atoms with Crippen molar-refractivity contribution in [2.45, 2.75) is 12.8 Å². The van der Waals surface area contributed by atoms with Gasteiger partial charge in [-0.15, -0.1) is 0 Å². The molecule has 7 nitrogen and oxygen atoms in total. The van der Waals surface area contributed by atoms with Crippen molar-refractivity contribution >= 4 is 43.4 Å². The van der Waals surface area contributed by atoms with E-state index in [4.69, 9.17) is 9.37 Å². The molecule has 3 aromatic rings. The monoisotopic (exact) mass is 525 g/mol. The Kier molecular flexibility index (Phi) is 7.10. The van der Waals surface area contributed by atoms with Crippen LogP contribution in [-0.2, 0) is 17.6 Å². The summed E-state index contributed by atoms with van der Waals surface area (Å²) in [5.41, 5.74) is 1.19. The molecule has 0 unspecified atom stereocenters. The summed E-state index contributed by atoms with van der Waals surface area (Å²) in [5, 5.41) is 20.1. The van der Waals surface area contributed by atoms with Crippen LogP contribution in [0.5, 0.6) is 5.75 Å². The van der Waals surface area contributed by atoms with Crippen molar-refractivity contribution < 1.29 is 23.8 Å². The molecule has 0 saturated carbocycles. The molecule has 0 radical (unpaired) electrons. The summed E-state index contributed by atoms with van der Waals surface area (Å²) in [4.78, 5) is 12.3. The summed E-state index contributed by atoms with van der Waals surface area (Å²) in [6.07, 6.45) is 0.0294. The third-order valence-electron chi connectivity index (χ3n) is 3.88. The zero-order valence-corrected chi connectivity index (χ0v) is 18.0. The summed E-state index contributed by atoms with van der Waals surface area (Å²) >= 11 is 6.43. The molecule has 10 heteroatoms. The van der Waals surface area contributed by atoms with Gasteiger partial charge in [-0.05, 0) is 63.0 Å². The Morgan fingerprint density at radius 2 is 1.90 bits per heavy atom. The first kappa shape index (κ1) is 21.1. The molecule has 1 N–H and O–H groups in total. The second kappa shape index (κ2) is 9.75. The minimum atomic E-state index is -0.406. The summed E-state index contributed by atoms with van der Waals surface area (Å²) in [6, 6.07) is 11.5. The van der Waals surface area contributed by atoms with Crippen LogP contribution in [0.2, 0.25) is 0 Å². The summed E-state index contributed by atoms with van der Waals surface area (Å²) < 4.78 is 24.8. The molecule has 0 bridgehead atoms. The van der Waals surface area contributed by atoms with Gasteiger partial charge in [0.05, 0.1) is 10.9 Å². The number of hydrogen-bond donors (Lipinski definition) is 1. The molecule has 150 valence electrons. The molecule has 0 atom stereocenters. The highest BCUT2D eigenvalue weighted by Gasteiger charge is 2.20. The lowest BCUT2D eigenvalue weighted by molar-refractivity contribution is -0.120. The smallest absolute Gasteiger partial charge is 0.176 e. The van der Waals surface area contributed by atoms with Gasteiger partial charge in [0.2, 0.25) is 0 Å². The zero-order valence-electron chi connectivity index (χ0n) is 14.8. The lowest BCUT2D eigenvalue weighted by atomic mass is 10.0. The molecule has 2 aromatic carbocycles.